The highest BCUT2D eigenvalue weighted by molar-refractivity contribution is 7.89. The number of piperazine rings is 1. The number of hydrogen-bond acceptors (Lipinski definition) is 3. The molecular weight excluding hydrogens is 374 g/mol. The second-order valence-electron chi connectivity index (χ2n) is 8.62. The normalized spacial score (nSPS) is 24.4. The van der Waals surface area contributed by atoms with Crippen LogP contribution in [0.5, 0.6) is 0 Å². The molecule has 0 saturated carbocycles. The first-order chi connectivity index (χ1) is 13.2. The number of nitrogens with zero attached hydrogens (tertiary/aromatic N) is 2. The molecule has 1 aromatic rings. The van der Waals surface area contributed by atoms with Gasteiger partial charge in [-0.1, -0.05) is 24.6 Å². The molecule has 2 heterocycles. The van der Waals surface area contributed by atoms with Crippen molar-refractivity contribution in [2.24, 2.45) is 5.92 Å². The second-order valence-corrected chi connectivity index (χ2v) is 10.5. The highest BCUT2D eigenvalue weighted by Crippen LogP contribution is 2.26. The first-order valence-corrected chi connectivity index (χ1v) is 11.8. The van der Waals surface area contributed by atoms with Crippen LogP contribution in [0.3, 0.4) is 0 Å². The SMILES string of the molecule is Cc1cc(C)c(S(=O)(=O)N2CCN(C(=O)C[NH+]3CCC(C)CC3)CC2)c(C)c1. The van der Waals surface area contributed by atoms with Gasteiger partial charge in [0.25, 0.3) is 5.91 Å². The molecule has 1 N–H and O–H groups in total. The van der Waals surface area contributed by atoms with Gasteiger partial charge in [0.2, 0.25) is 10.0 Å². The van der Waals surface area contributed by atoms with Gasteiger partial charge in [0.05, 0.1) is 18.0 Å². The Hall–Kier alpha value is -1.44. The van der Waals surface area contributed by atoms with Gasteiger partial charge in [0.1, 0.15) is 0 Å². The summed E-state index contributed by atoms with van der Waals surface area (Å²) in [7, 11) is -3.53. The van der Waals surface area contributed by atoms with Crippen LogP contribution >= 0.6 is 0 Å². The molecule has 2 aliphatic rings. The van der Waals surface area contributed by atoms with Crippen molar-refractivity contribution in [3.8, 4) is 0 Å². The molecule has 0 bridgehead atoms. The number of sulfonamides is 1. The number of carbonyl (C=O) groups is 1. The molecule has 0 spiro atoms. The average Bonchev–Trinajstić information content (AvgIpc) is 2.62. The predicted octanol–water partition coefficient (Wildman–Crippen LogP) is 0.760. The summed E-state index contributed by atoms with van der Waals surface area (Å²) in [6, 6.07) is 3.84. The van der Waals surface area contributed by atoms with Crippen molar-refractivity contribution in [1.82, 2.24) is 9.21 Å². The molecule has 0 radical (unpaired) electrons. The Labute approximate surface area is 169 Å². The highest BCUT2D eigenvalue weighted by atomic mass is 32.2. The van der Waals surface area contributed by atoms with Gasteiger partial charge in [-0.3, -0.25) is 4.79 Å². The predicted molar refractivity (Wildman–Crippen MR) is 110 cm³/mol. The molecule has 0 atom stereocenters. The number of amides is 1. The summed E-state index contributed by atoms with van der Waals surface area (Å²) in [5, 5.41) is 0. The maximum absolute atomic E-state index is 13.2. The van der Waals surface area contributed by atoms with Crippen LogP contribution < -0.4 is 4.90 Å². The van der Waals surface area contributed by atoms with Gasteiger partial charge in [-0.25, -0.2) is 8.42 Å². The number of hydrogen-bond donors (Lipinski definition) is 1. The van der Waals surface area contributed by atoms with Crippen LogP contribution in [0.15, 0.2) is 17.0 Å². The lowest BCUT2D eigenvalue weighted by atomic mass is 9.99. The summed E-state index contributed by atoms with van der Waals surface area (Å²) in [4.78, 5) is 16.3. The third-order valence-electron chi connectivity index (χ3n) is 6.18. The molecule has 2 aliphatic heterocycles. The van der Waals surface area contributed by atoms with E-state index in [0.29, 0.717) is 37.6 Å². The van der Waals surface area contributed by atoms with Crippen molar-refractivity contribution in [2.75, 3.05) is 45.8 Å². The number of benzene rings is 1. The lowest BCUT2D eigenvalue weighted by Gasteiger charge is -2.35. The van der Waals surface area contributed by atoms with E-state index in [1.807, 2.05) is 37.8 Å². The lowest BCUT2D eigenvalue weighted by Crippen LogP contribution is -3.14. The fourth-order valence-corrected chi connectivity index (χ4v) is 6.39. The summed E-state index contributed by atoms with van der Waals surface area (Å²) < 4.78 is 27.9. The Morgan fingerprint density at radius 3 is 2.11 bits per heavy atom. The molecule has 2 fully saturated rings. The van der Waals surface area contributed by atoms with E-state index in [2.05, 4.69) is 6.92 Å². The number of piperidine rings is 1. The number of rotatable bonds is 4. The summed E-state index contributed by atoms with van der Waals surface area (Å²) in [5.41, 5.74) is 2.65. The summed E-state index contributed by atoms with van der Waals surface area (Å²) in [6.45, 7) is 12.3. The minimum absolute atomic E-state index is 0.157. The van der Waals surface area contributed by atoms with Crippen molar-refractivity contribution >= 4 is 15.9 Å². The number of nitrogens with one attached hydrogen (secondary N) is 1. The van der Waals surface area contributed by atoms with Crippen LogP contribution in [0.25, 0.3) is 0 Å². The minimum atomic E-state index is -3.53. The fraction of sp³-hybridized carbons (Fsp3) is 0.667. The Kier molecular flexibility index (Phi) is 6.47. The average molecular weight is 409 g/mol. The molecular formula is C21H34N3O3S+. The van der Waals surface area contributed by atoms with Crippen molar-refractivity contribution in [3.63, 3.8) is 0 Å². The number of quaternary nitrogens is 1. The number of aryl methyl sites for hydroxylation is 3. The molecule has 7 heteroatoms. The first kappa shape index (κ1) is 21.3. The van der Waals surface area contributed by atoms with Crippen LogP contribution in [-0.4, -0.2) is 69.3 Å². The van der Waals surface area contributed by atoms with Crippen molar-refractivity contribution < 1.29 is 18.1 Å². The Morgan fingerprint density at radius 2 is 1.57 bits per heavy atom. The third kappa shape index (κ3) is 4.58. The molecule has 3 rings (SSSR count). The third-order valence-corrected chi connectivity index (χ3v) is 8.38. The maximum atomic E-state index is 13.2. The topological polar surface area (TPSA) is 62.1 Å². The standard InChI is InChI=1S/C21H33N3O3S/c1-16-5-7-22(8-6-16)15-20(25)23-9-11-24(12-10-23)28(26,27)21-18(3)13-17(2)14-19(21)4/h13-14,16H,5-12,15H2,1-4H3/p+1. The van der Waals surface area contributed by atoms with Gasteiger partial charge in [0.15, 0.2) is 6.54 Å². The molecule has 1 aromatic carbocycles. The van der Waals surface area contributed by atoms with Gasteiger partial charge < -0.3 is 9.80 Å². The molecule has 2 saturated heterocycles. The van der Waals surface area contributed by atoms with Crippen LogP contribution in [-0.2, 0) is 14.8 Å². The fourth-order valence-electron chi connectivity index (χ4n) is 4.55. The van der Waals surface area contributed by atoms with Crippen LogP contribution in [0, 0.1) is 26.7 Å². The Bertz CT molecular complexity index is 798. The van der Waals surface area contributed by atoms with Crippen LogP contribution in [0.2, 0.25) is 0 Å². The van der Waals surface area contributed by atoms with Crippen LogP contribution in [0.4, 0.5) is 0 Å². The Morgan fingerprint density at radius 1 is 1.04 bits per heavy atom. The van der Waals surface area contributed by atoms with Gasteiger partial charge in [-0.2, -0.15) is 4.31 Å². The minimum Gasteiger partial charge on any atom is -0.335 e. The van der Waals surface area contributed by atoms with E-state index >= 15 is 0 Å². The van der Waals surface area contributed by atoms with Gasteiger partial charge in [-0.05, 0) is 50.7 Å². The van der Waals surface area contributed by atoms with E-state index < -0.39 is 10.0 Å². The molecule has 28 heavy (non-hydrogen) atoms. The molecule has 0 aromatic heterocycles. The van der Waals surface area contributed by atoms with Gasteiger partial charge in [-0.15, -0.1) is 0 Å². The quantitative estimate of drug-likeness (QED) is 0.800. The summed E-state index contributed by atoms with van der Waals surface area (Å²) in [6.07, 6.45) is 2.37. The van der Waals surface area contributed by atoms with Gasteiger partial charge in [0, 0.05) is 26.2 Å². The largest absolute Gasteiger partial charge is 0.335 e. The van der Waals surface area contributed by atoms with Crippen LogP contribution in [0.1, 0.15) is 36.5 Å². The summed E-state index contributed by atoms with van der Waals surface area (Å²) >= 11 is 0. The van der Waals surface area contributed by atoms with E-state index in [9.17, 15) is 13.2 Å². The first-order valence-electron chi connectivity index (χ1n) is 10.4. The molecule has 0 unspecified atom stereocenters. The highest BCUT2D eigenvalue weighted by Gasteiger charge is 2.33. The maximum Gasteiger partial charge on any atom is 0.277 e. The van der Waals surface area contributed by atoms with E-state index in [1.165, 1.54) is 22.0 Å². The monoisotopic (exact) mass is 408 g/mol. The van der Waals surface area contributed by atoms with E-state index in [0.717, 1.165) is 35.7 Å². The van der Waals surface area contributed by atoms with E-state index in [4.69, 9.17) is 0 Å². The van der Waals surface area contributed by atoms with Crippen molar-refractivity contribution in [2.45, 2.75) is 45.4 Å². The Balaban J connectivity index is 1.61. The molecule has 6 nitrogen and oxygen atoms in total. The summed E-state index contributed by atoms with van der Waals surface area (Å²) in [5.74, 6) is 0.922. The zero-order chi connectivity index (χ0) is 20.5. The molecule has 156 valence electrons. The van der Waals surface area contributed by atoms with Gasteiger partial charge >= 0.3 is 0 Å². The zero-order valence-electron chi connectivity index (χ0n) is 17.6. The van der Waals surface area contributed by atoms with Crippen molar-refractivity contribution in [1.29, 1.82) is 0 Å². The zero-order valence-corrected chi connectivity index (χ0v) is 18.4. The van der Waals surface area contributed by atoms with Crippen molar-refractivity contribution in [3.05, 3.63) is 28.8 Å². The smallest absolute Gasteiger partial charge is 0.277 e. The van der Waals surface area contributed by atoms with E-state index in [1.54, 1.807) is 0 Å². The molecule has 1 amide bonds. The number of carbonyl (C=O) groups excluding carboxylic acids is 1. The molecule has 0 aliphatic carbocycles. The lowest BCUT2D eigenvalue weighted by molar-refractivity contribution is -0.898. The second kappa shape index (κ2) is 8.51. The number of likely N-dealkylation sites (tertiary alicyclic amines) is 1. The van der Waals surface area contributed by atoms with E-state index in [-0.39, 0.29) is 5.91 Å².